The largest absolute Gasteiger partial charge is 0.378 e. The van der Waals surface area contributed by atoms with Gasteiger partial charge in [0, 0.05) is 36.7 Å². The summed E-state index contributed by atoms with van der Waals surface area (Å²) in [6, 6.07) is 3.83. The van der Waals surface area contributed by atoms with E-state index in [9.17, 15) is 18.0 Å². The SMILES string of the molecule is CC(C)c1nnc2nc(NCc3cccc(C(F)F)c3F)c3c(n12)CN(C(=O)N1CCOCC1)C3. The lowest BCUT2D eigenvalue weighted by Crippen LogP contribution is -2.46. The minimum Gasteiger partial charge on any atom is -0.378 e. The Balaban J connectivity index is 1.48. The molecule has 1 N–H and O–H groups in total. The second kappa shape index (κ2) is 9.33. The molecule has 12 heteroatoms. The third-order valence-corrected chi connectivity index (χ3v) is 6.33. The van der Waals surface area contributed by atoms with Crippen LogP contribution in [0.15, 0.2) is 18.2 Å². The molecule has 1 saturated heterocycles. The number of nitrogens with one attached hydrogen (secondary N) is 1. The molecule has 0 saturated carbocycles. The maximum absolute atomic E-state index is 14.6. The zero-order valence-electron chi connectivity index (χ0n) is 19.5. The predicted octanol–water partition coefficient (Wildman–Crippen LogP) is 3.70. The van der Waals surface area contributed by atoms with Crippen molar-refractivity contribution in [3.8, 4) is 0 Å². The van der Waals surface area contributed by atoms with E-state index < -0.39 is 17.8 Å². The maximum Gasteiger partial charge on any atom is 0.320 e. The molecule has 0 spiro atoms. The molecule has 2 aliphatic rings. The first-order valence-corrected chi connectivity index (χ1v) is 11.5. The van der Waals surface area contributed by atoms with Gasteiger partial charge in [-0.1, -0.05) is 32.0 Å². The van der Waals surface area contributed by atoms with Gasteiger partial charge in [-0.15, -0.1) is 10.2 Å². The number of halogens is 3. The summed E-state index contributed by atoms with van der Waals surface area (Å²) in [6.07, 6.45) is -2.90. The van der Waals surface area contributed by atoms with Crippen molar-refractivity contribution in [1.82, 2.24) is 29.4 Å². The quantitative estimate of drug-likeness (QED) is 0.588. The van der Waals surface area contributed by atoms with Crippen molar-refractivity contribution in [3.63, 3.8) is 0 Å². The normalized spacial score (nSPS) is 16.0. The van der Waals surface area contributed by atoms with E-state index in [0.717, 1.165) is 23.1 Å². The Morgan fingerprint density at radius 3 is 2.63 bits per heavy atom. The second-order valence-electron chi connectivity index (χ2n) is 8.95. The third kappa shape index (κ3) is 4.26. The highest BCUT2D eigenvalue weighted by molar-refractivity contribution is 5.76. The smallest absolute Gasteiger partial charge is 0.320 e. The summed E-state index contributed by atoms with van der Waals surface area (Å²) >= 11 is 0. The van der Waals surface area contributed by atoms with E-state index in [2.05, 4.69) is 20.5 Å². The molecule has 0 unspecified atom stereocenters. The van der Waals surface area contributed by atoms with Gasteiger partial charge in [-0.25, -0.2) is 18.0 Å². The van der Waals surface area contributed by atoms with Gasteiger partial charge in [0.05, 0.1) is 37.6 Å². The molecule has 0 bridgehead atoms. The number of nitrogens with zero attached hydrogens (tertiary/aromatic N) is 6. The molecule has 9 nitrogen and oxygen atoms in total. The van der Waals surface area contributed by atoms with Gasteiger partial charge >= 0.3 is 6.03 Å². The maximum atomic E-state index is 14.6. The van der Waals surface area contributed by atoms with E-state index in [0.29, 0.717) is 51.0 Å². The number of aromatic nitrogens is 4. The molecule has 35 heavy (non-hydrogen) atoms. The van der Waals surface area contributed by atoms with Crippen molar-refractivity contribution < 1.29 is 22.7 Å². The van der Waals surface area contributed by atoms with Crippen LogP contribution >= 0.6 is 0 Å². The van der Waals surface area contributed by atoms with Crippen LogP contribution in [0.1, 0.15) is 54.4 Å². The number of fused-ring (bicyclic) bond motifs is 3. The number of rotatable bonds is 5. The van der Waals surface area contributed by atoms with Crippen molar-refractivity contribution in [2.24, 2.45) is 0 Å². The van der Waals surface area contributed by atoms with Gasteiger partial charge < -0.3 is 19.9 Å². The van der Waals surface area contributed by atoms with Crippen LogP contribution in [0.4, 0.5) is 23.8 Å². The minimum absolute atomic E-state index is 0.0510. The number of morpholine rings is 1. The average molecular weight is 490 g/mol. The van der Waals surface area contributed by atoms with Crippen LogP contribution in [-0.4, -0.2) is 61.7 Å². The summed E-state index contributed by atoms with van der Waals surface area (Å²) in [4.78, 5) is 21.3. The summed E-state index contributed by atoms with van der Waals surface area (Å²) in [6.45, 7) is 6.62. The number of amides is 2. The average Bonchev–Trinajstić information content (AvgIpc) is 3.47. The number of anilines is 1. The van der Waals surface area contributed by atoms with Crippen molar-refractivity contribution >= 4 is 17.6 Å². The zero-order valence-corrected chi connectivity index (χ0v) is 19.5. The predicted molar refractivity (Wildman–Crippen MR) is 121 cm³/mol. The summed E-state index contributed by atoms with van der Waals surface area (Å²) in [5.74, 6) is 0.643. The fourth-order valence-corrected chi connectivity index (χ4v) is 4.51. The molecule has 5 rings (SSSR count). The molecule has 2 amide bonds. The van der Waals surface area contributed by atoms with Gasteiger partial charge in [0.2, 0.25) is 0 Å². The molecule has 0 aliphatic carbocycles. The van der Waals surface area contributed by atoms with Crippen LogP contribution in [0.25, 0.3) is 5.78 Å². The Morgan fingerprint density at radius 2 is 1.91 bits per heavy atom. The molecule has 2 aromatic heterocycles. The summed E-state index contributed by atoms with van der Waals surface area (Å²) in [5.41, 5.74) is 1.06. The van der Waals surface area contributed by atoms with Crippen LogP contribution in [-0.2, 0) is 24.4 Å². The number of carbonyl (C=O) groups excluding carboxylic acids is 1. The molecule has 1 aromatic carbocycles. The Morgan fingerprint density at radius 1 is 1.14 bits per heavy atom. The van der Waals surface area contributed by atoms with Gasteiger partial charge in [-0.2, -0.15) is 4.98 Å². The highest BCUT2D eigenvalue weighted by Gasteiger charge is 2.33. The van der Waals surface area contributed by atoms with Crippen molar-refractivity contribution in [3.05, 3.63) is 52.2 Å². The first kappa shape index (κ1) is 23.3. The van der Waals surface area contributed by atoms with Crippen LogP contribution in [0.2, 0.25) is 0 Å². The van der Waals surface area contributed by atoms with Crippen molar-refractivity contribution in [2.75, 3.05) is 31.6 Å². The molecule has 2 aliphatic heterocycles. The van der Waals surface area contributed by atoms with Gasteiger partial charge in [-0.05, 0) is 0 Å². The van der Waals surface area contributed by atoms with E-state index in [1.54, 1.807) is 9.80 Å². The Kier molecular flexibility index (Phi) is 6.22. The Labute approximate surface area is 199 Å². The lowest BCUT2D eigenvalue weighted by atomic mass is 10.1. The molecular formula is C23H26F3N7O2. The lowest BCUT2D eigenvalue weighted by Gasteiger charge is -2.30. The first-order valence-electron chi connectivity index (χ1n) is 11.5. The number of hydrogen-bond donors (Lipinski definition) is 1. The van der Waals surface area contributed by atoms with E-state index in [1.165, 1.54) is 12.1 Å². The van der Waals surface area contributed by atoms with Crippen LogP contribution < -0.4 is 5.32 Å². The van der Waals surface area contributed by atoms with E-state index in [-0.39, 0.29) is 24.1 Å². The molecule has 4 heterocycles. The van der Waals surface area contributed by atoms with Crippen LogP contribution in [0.5, 0.6) is 0 Å². The number of hydrogen-bond acceptors (Lipinski definition) is 6. The topological polar surface area (TPSA) is 87.9 Å². The highest BCUT2D eigenvalue weighted by Crippen LogP contribution is 2.32. The van der Waals surface area contributed by atoms with E-state index in [4.69, 9.17) is 4.74 Å². The third-order valence-electron chi connectivity index (χ3n) is 6.33. The monoisotopic (exact) mass is 489 g/mol. The molecule has 0 atom stereocenters. The van der Waals surface area contributed by atoms with Gasteiger partial charge in [-0.3, -0.25) is 4.40 Å². The standard InChI is InChI=1S/C23H26F3N7O2/c1-13(2)21-29-30-22-28-20(27-10-14-4-3-5-15(18(14)24)19(25)26)16-11-32(12-17(16)33(21)22)23(34)31-6-8-35-9-7-31/h3-5,13,19H,6-12H2,1-2H3,(H,27,28,30). The number of carbonyl (C=O) groups is 1. The number of alkyl halides is 2. The second-order valence-corrected chi connectivity index (χ2v) is 8.95. The molecule has 186 valence electrons. The number of urea groups is 1. The fraction of sp³-hybridized carbons (Fsp3) is 0.478. The summed E-state index contributed by atoms with van der Waals surface area (Å²) < 4.78 is 48.1. The summed E-state index contributed by atoms with van der Waals surface area (Å²) in [5, 5.41) is 11.6. The fourth-order valence-electron chi connectivity index (χ4n) is 4.51. The van der Waals surface area contributed by atoms with Crippen molar-refractivity contribution in [1.29, 1.82) is 0 Å². The Hall–Kier alpha value is -3.41. The number of ether oxygens (including phenoxy) is 1. The molecule has 3 aromatic rings. The first-order chi connectivity index (χ1) is 16.8. The van der Waals surface area contributed by atoms with Crippen LogP contribution in [0.3, 0.4) is 0 Å². The van der Waals surface area contributed by atoms with E-state index in [1.807, 2.05) is 18.2 Å². The molecule has 0 radical (unpaired) electrons. The molecular weight excluding hydrogens is 463 g/mol. The van der Waals surface area contributed by atoms with Gasteiger partial charge in [0.15, 0.2) is 0 Å². The zero-order chi connectivity index (χ0) is 24.7. The lowest BCUT2D eigenvalue weighted by molar-refractivity contribution is 0.0429. The van der Waals surface area contributed by atoms with Crippen LogP contribution in [0, 0.1) is 5.82 Å². The number of benzene rings is 1. The molecule has 1 fully saturated rings. The highest BCUT2D eigenvalue weighted by atomic mass is 19.3. The van der Waals surface area contributed by atoms with Crippen molar-refractivity contribution in [2.45, 2.75) is 45.8 Å². The Bertz CT molecular complexity index is 1260. The summed E-state index contributed by atoms with van der Waals surface area (Å²) in [7, 11) is 0. The van der Waals surface area contributed by atoms with Gasteiger partial charge in [0.25, 0.3) is 12.2 Å². The minimum atomic E-state index is -2.90. The van der Waals surface area contributed by atoms with Gasteiger partial charge in [0.1, 0.15) is 17.5 Å². The van der Waals surface area contributed by atoms with E-state index >= 15 is 0 Å².